The summed E-state index contributed by atoms with van der Waals surface area (Å²) in [7, 11) is 0. The van der Waals surface area contributed by atoms with Gasteiger partial charge in [0.15, 0.2) is 0 Å². The summed E-state index contributed by atoms with van der Waals surface area (Å²) in [5.41, 5.74) is 7.18. The van der Waals surface area contributed by atoms with Gasteiger partial charge in [-0.1, -0.05) is 6.92 Å². The minimum absolute atomic E-state index is 0.145. The van der Waals surface area contributed by atoms with Crippen LogP contribution in [0.25, 0.3) is 0 Å². The largest absolute Gasteiger partial charge is 0.481 e. The van der Waals surface area contributed by atoms with Crippen LogP contribution in [0.4, 0.5) is 0 Å². The molecule has 0 spiro atoms. The lowest BCUT2D eigenvalue weighted by molar-refractivity contribution is -0.134. The number of carboxylic acids is 1. The number of hydrogen-bond donors (Lipinski definition) is 4. The van der Waals surface area contributed by atoms with Gasteiger partial charge in [0.25, 0.3) is 11.9 Å². The molecular weight excluding hydrogens is 416 g/mol. The van der Waals surface area contributed by atoms with Gasteiger partial charge < -0.3 is 26.2 Å². The summed E-state index contributed by atoms with van der Waals surface area (Å²) in [5.74, 6) is -2.14. The fourth-order valence-electron chi connectivity index (χ4n) is 3.54. The van der Waals surface area contributed by atoms with Crippen molar-refractivity contribution >= 4 is 23.7 Å². The van der Waals surface area contributed by atoms with E-state index in [0.717, 1.165) is 24.7 Å². The van der Waals surface area contributed by atoms with E-state index in [-0.39, 0.29) is 36.4 Å². The van der Waals surface area contributed by atoms with Gasteiger partial charge in [-0.05, 0) is 51.7 Å². The van der Waals surface area contributed by atoms with Crippen LogP contribution < -0.4 is 16.4 Å². The van der Waals surface area contributed by atoms with Crippen molar-refractivity contribution in [1.29, 1.82) is 0 Å². The number of carbonyl (C=O) groups excluding carboxylic acids is 3. The number of hydrogen-bond acceptors (Lipinski definition) is 6. The molecule has 0 aromatic carbocycles. The van der Waals surface area contributed by atoms with E-state index in [2.05, 4.69) is 15.6 Å². The van der Waals surface area contributed by atoms with Crippen LogP contribution >= 0.6 is 0 Å². The minimum atomic E-state index is -0.833. The van der Waals surface area contributed by atoms with Crippen LogP contribution in [-0.4, -0.2) is 59.1 Å². The van der Waals surface area contributed by atoms with E-state index in [1.807, 2.05) is 20.8 Å². The van der Waals surface area contributed by atoms with Gasteiger partial charge >= 0.3 is 0 Å². The average molecular weight is 451 g/mol. The molecule has 0 saturated heterocycles. The van der Waals surface area contributed by atoms with Gasteiger partial charge in [-0.25, -0.2) is 0 Å². The van der Waals surface area contributed by atoms with E-state index < -0.39 is 11.9 Å². The number of aliphatic carboxylic acids is 1. The Labute approximate surface area is 188 Å². The predicted octanol–water partition coefficient (Wildman–Crippen LogP) is 1.08. The number of aromatic nitrogens is 1. The van der Waals surface area contributed by atoms with Gasteiger partial charge in [0.2, 0.25) is 11.8 Å². The van der Waals surface area contributed by atoms with Gasteiger partial charge in [0.05, 0.1) is 18.7 Å². The van der Waals surface area contributed by atoms with E-state index in [4.69, 9.17) is 20.4 Å². The maximum absolute atomic E-state index is 12.8. The molecule has 178 valence electrons. The first-order valence-electron chi connectivity index (χ1n) is 10.7. The topological polar surface area (TPSA) is 161 Å². The lowest BCUT2D eigenvalue weighted by atomic mass is 9.83. The SMILES string of the molecule is CC(=O)O.CCCO[C@@H]1CC[C@H](C(=O)NCC(N)=O)C[C@H]1NC(=O)c1cc(C)nc(C)c1. The molecule has 1 fully saturated rings. The molecule has 1 aromatic rings. The fraction of sp³-hybridized carbons (Fsp3) is 0.591. The first kappa shape index (κ1) is 27.0. The molecule has 2 rings (SSSR count). The Morgan fingerprint density at radius 3 is 2.31 bits per heavy atom. The zero-order chi connectivity index (χ0) is 24.3. The van der Waals surface area contributed by atoms with Crippen LogP contribution in [-0.2, 0) is 19.1 Å². The molecule has 1 aromatic heterocycles. The molecule has 1 heterocycles. The maximum Gasteiger partial charge on any atom is 0.300 e. The van der Waals surface area contributed by atoms with Crippen LogP contribution in [0.15, 0.2) is 12.1 Å². The number of carboxylic acid groups (broad SMARTS) is 1. The molecule has 0 aliphatic heterocycles. The number of carbonyl (C=O) groups is 4. The Bertz CT molecular complexity index is 789. The van der Waals surface area contributed by atoms with Crippen molar-refractivity contribution in [2.24, 2.45) is 11.7 Å². The third-order valence-electron chi connectivity index (χ3n) is 4.79. The standard InChI is InChI=1S/C20H30N4O4.C2H4O2/c1-4-7-28-17-6-5-14(19(26)22-11-18(21)25)10-16(17)24-20(27)15-8-12(2)23-13(3)9-15;1-2(3)4/h8-9,14,16-17H,4-7,10-11H2,1-3H3,(H2,21,25)(H,22,26)(H,24,27);1H3,(H,3,4)/t14-,16+,17+;/m0./s1. The summed E-state index contributed by atoms with van der Waals surface area (Å²) >= 11 is 0. The highest BCUT2D eigenvalue weighted by Crippen LogP contribution is 2.27. The van der Waals surface area contributed by atoms with Gasteiger partial charge in [-0.15, -0.1) is 0 Å². The average Bonchev–Trinajstić information content (AvgIpc) is 2.69. The quantitative estimate of drug-likeness (QED) is 0.461. The monoisotopic (exact) mass is 450 g/mol. The summed E-state index contributed by atoms with van der Waals surface area (Å²) in [5, 5.41) is 13.0. The van der Waals surface area contributed by atoms with Gasteiger partial charge in [-0.3, -0.25) is 24.2 Å². The van der Waals surface area contributed by atoms with Crippen molar-refractivity contribution in [3.63, 3.8) is 0 Å². The number of aryl methyl sites for hydroxylation is 2. The molecule has 10 nitrogen and oxygen atoms in total. The zero-order valence-corrected chi connectivity index (χ0v) is 19.1. The van der Waals surface area contributed by atoms with Gasteiger partial charge in [0, 0.05) is 36.4 Å². The number of nitrogens with one attached hydrogen (secondary N) is 2. The maximum atomic E-state index is 12.8. The summed E-state index contributed by atoms with van der Waals surface area (Å²) in [6.07, 6.45) is 2.48. The molecule has 0 radical (unpaired) electrons. The number of pyridine rings is 1. The van der Waals surface area contributed by atoms with E-state index >= 15 is 0 Å². The second kappa shape index (κ2) is 13.4. The van der Waals surface area contributed by atoms with Crippen LogP contribution in [0.1, 0.15) is 61.3 Å². The molecule has 32 heavy (non-hydrogen) atoms. The Balaban J connectivity index is 0.00000118. The van der Waals surface area contributed by atoms with E-state index in [9.17, 15) is 14.4 Å². The summed E-state index contributed by atoms with van der Waals surface area (Å²) in [6.45, 7) is 7.22. The molecule has 5 N–H and O–H groups in total. The summed E-state index contributed by atoms with van der Waals surface area (Å²) in [4.78, 5) is 49.3. The highest BCUT2D eigenvalue weighted by Gasteiger charge is 2.35. The normalized spacial score (nSPS) is 19.8. The van der Waals surface area contributed by atoms with Crippen LogP contribution in [0, 0.1) is 19.8 Å². The van der Waals surface area contributed by atoms with Crippen LogP contribution in [0.3, 0.4) is 0 Å². The van der Waals surface area contributed by atoms with E-state index in [0.29, 0.717) is 31.4 Å². The number of nitrogens with two attached hydrogens (primary N) is 1. The number of rotatable bonds is 8. The third kappa shape index (κ3) is 9.86. The zero-order valence-electron chi connectivity index (χ0n) is 19.1. The Morgan fingerprint density at radius 2 is 1.78 bits per heavy atom. The molecule has 10 heteroatoms. The molecule has 0 unspecified atom stereocenters. The van der Waals surface area contributed by atoms with Gasteiger partial charge in [-0.2, -0.15) is 0 Å². The van der Waals surface area contributed by atoms with Crippen LogP contribution in [0.5, 0.6) is 0 Å². The number of ether oxygens (including phenoxy) is 1. The fourth-order valence-corrected chi connectivity index (χ4v) is 3.54. The summed E-state index contributed by atoms with van der Waals surface area (Å²) in [6, 6.07) is 3.19. The molecule has 3 atom stereocenters. The Hall–Kier alpha value is -3.01. The number of nitrogens with zero attached hydrogens (tertiary/aromatic N) is 1. The highest BCUT2D eigenvalue weighted by atomic mass is 16.5. The smallest absolute Gasteiger partial charge is 0.300 e. The summed E-state index contributed by atoms with van der Waals surface area (Å²) < 4.78 is 5.92. The Morgan fingerprint density at radius 1 is 1.19 bits per heavy atom. The van der Waals surface area contributed by atoms with Crippen molar-refractivity contribution in [2.75, 3.05) is 13.2 Å². The van der Waals surface area contributed by atoms with Crippen molar-refractivity contribution in [1.82, 2.24) is 15.6 Å². The second-order valence-corrected chi connectivity index (χ2v) is 7.84. The Kier molecular flexibility index (Phi) is 11.3. The van der Waals surface area contributed by atoms with E-state index in [1.165, 1.54) is 0 Å². The lowest BCUT2D eigenvalue weighted by Gasteiger charge is -2.36. The number of primary amides is 1. The van der Waals surface area contributed by atoms with Crippen LogP contribution in [0.2, 0.25) is 0 Å². The molecule has 1 saturated carbocycles. The van der Waals surface area contributed by atoms with E-state index in [1.54, 1.807) is 12.1 Å². The molecule has 1 aliphatic carbocycles. The minimum Gasteiger partial charge on any atom is -0.481 e. The van der Waals surface area contributed by atoms with Crippen molar-refractivity contribution in [3.05, 3.63) is 29.1 Å². The van der Waals surface area contributed by atoms with Gasteiger partial charge in [0.1, 0.15) is 0 Å². The van der Waals surface area contributed by atoms with Crippen molar-refractivity contribution < 1.29 is 29.0 Å². The highest BCUT2D eigenvalue weighted by molar-refractivity contribution is 5.94. The second-order valence-electron chi connectivity index (χ2n) is 7.84. The first-order chi connectivity index (χ1) is 15.0. The molecule has 0 bridgehead atoms. The molecular formula is C22H34N4O6. The molecule has 1 aliphatic rings. The predicted molar refractivity (Wildman–Crippen MR) is 118 cm³/mol. The molecule has 3 amide bonds. The number of amides is 3. The first-order valence-corrected chi connectivity index (χ1v) is 10.7. The van der Waals surface area contributed by atoms with Crippen molar-refractivity contribution in [2.45, 2.75) is 65.5 Å². The van der Waals surface area contributed by atoms with Crippen molar-refractivity contribution in [3.8, 4) is 0 Å². The third-order valence-corrected chi connectivity index (χ3v) is 4.79. The lowest BCUT2D eigenvalue weighted by Crippen LogP contribution is -2.51.